The highest BCUT2D eigenvalue weighted by molar-refractivity contribution is 6.15. The number of nitrogens with zero attached hydrogens (tertiary/aromatic N) is 1. The van der Waals surface area contributed by atoms with Crippen molar-refractivity contribution < 1.29 is 30.0 Å². The average Bonchev–Trinajstić information content (AvgIpc) is 3.68. The zero-order chi connectivity index (χ0) is 37.7. The molecule has 8 heteroatoms. The number of nitrogens with one attached hydrogen (secondary N) is 1. The van der Waals surface area contributed by atoms with Gasteiger partial charge in [0, 0.05) is 27.1 Å². The summed E-state index contributed by atoms with van der Waals surface area (Å²) in [5.74, 6) is -2.29. The Bertz CT molecular complexity index is 2620. The summed E-state index contributed by atoms with van der Waals surface area (Å²) in [4.78, 5) is 29.6. The van der Waals surface area contributed by atoms with Crippen LogP contribution in [-0.2, 0) is 33.3 Å². The van der Waals surface area contributed by atoms with E-state index in [1.807, 2.05) is 0 Å². The van der Waals surface area contributed by atoms with Crippen LogP contribution in [0.1, 0.15) is 88.5 Å². The predicted octanol–water partition coefficient (Wildman–Crippen LogP) is 8.55. The number of aliphatic carboxylic acids is 2. The number of hydrogen-bond acceptors (Lipinski definition) is 4. The summed E-state index contributed by atoms with van der Waals surface area (Å²) in [5.41, 5.74) is 6.87. The number of aliphatic hydroxyl groups is 2. The molecule has 0 saturated heterocycles. The van der Waals surface area contributed by atoms with E-state index in [9.17, 15) is 30.0 Å². The van der Waals surface area contributed by atoms with Gasteiger partial charge in [0.2, 0.25) is 0 Å². The molecule has 8 unspecified atom stereocenters. The minimum absolute atomic E-state index is 0.198. The summed E-state index contributed by atoms with van der Waals surface area (Å²) in [6.07, 6.45) is 3.27. The summed E-state index contributed by atoms with van der Waals surface area (Å²) in [7, 11) is 0. The molecule has 8 atom stereocenters. The zero-order valence-corrected chi connectivity index (χ0v) is 31.4. The van der Waals surface area contributed by atoms with Gasteiger partial charge in [-0.15, -0.1) is 0 Å². The third-order valence-electron chi connectivity index (χ3n) is 15.8. The first-order chi connectivity index (χ1) is 25.7. The molecule has 4 aromatic carbocycles. The quantitative estimate of drug-likeness (QED) is 0.124. The predicted molar refractivity (Wildman–Crippen MR) is 210 cm³/mol. The molecule has 0 bridgehead atoms. The number of rotatable bonds is 3. The van der Waals surface area contributed by atoms with Gasteiger partial charge in [0.1, 0.15) is 0 Å². The molecule has 5 N–H and O–H groups in total. The fourth-order valence-electron chi connectivity index (χ4n) is 12.7. The lowest BCUT2D eigenvalue weighted by molar-refractivity contribution is -0.172. The summed E-state index contributed by atoms with van der Waals surface area (Å²) in [6.45, 7) is 7.96. The van der Waals surface area contributed by atoms with Crippen LogP contribution >= 0.6 is 0 Å². The summed E-state index contributed by atoms with van der Waals surface area (Å²) >= 11 is 0. The molecule has 6 aromatic rings. The SMILES string of the molecule is CC12CCC(O)C(C)(C(=O)O)C1CCc1cc3c(cc12)c1ccccc1n3-c1c2c(cc3c1[nH]c1ccccc13)C1(C)CCC(O)C(C)(C(=O)O)C1CC2. The number of fused-ring (bicyclic) bond motifs is 12. The van der Waals surface area contributed by atoms with Crippen LogP contribution < -0.4 is 0 Å². The summed E-state index contributed by atoms with van der Waals surface area (Å²) in [6, 6.07) is 24.0. The van der Waals surface area contributed by atoms with E-state index >= 15 is 0 Å². The van der Waals surface area contributed by atoms with Crippen molar-refractivity contribution in [2.45, 2.75) is 102 Å². The molecule has 2 fully saturated rings. The Hall–Kier alpha value is -4.66. The molecule has 4 aliphatic carbocycles. The Morgan fingerprint density at radius 3 is 1.91 bits per heavy atom. The van der Waals surface area contributed by atoms with Crippen molar-refractivity contribution >= 4 is 55.6 Å². The number of carboxylic acids is 2. The summed E-state index contributed by atoms with van der Waals surface area (Å²) < 4.78 is 2.44. The highest BCUT2D eigenvalue weighted by atomic mass is 16.4. The third-order valence-corrected chi connectivity index (χ3v) is 15.8. The molecule has 0 amide bonds. The number of carbonyl (C=O) groups is 2. The van der Waals surface area contributed by atoms with Gasteiger partial charge in [0.05, 0.1) is 45.3 Å². The van der Waals surface area contributed by atoms with Gasteiger partial charge < -0.3 is 30.0 Å². The van der Waals surface area contributed by atoms with E-state index in [1.165, 1.54) is 22.3 Å². The first-order valence-corrected chi connectivity index (χ1v) is 19.7. The number of benzene rings is 4. The fourth-order valence-corrected chi connectivity index (χ4v) is 12.7. The Morgan fingerprint density at radius 2 is 1.24 bits per heavy atom. The molecule has 54 heavy (non-hydrogen) atoms. The molecule has 10 rings (SSSR count). The second kappa shape index (κ2) is 11.0. The lowest BCUT2D eigenvalue weighted by atomic mass is 9.48. The lowest BCUT2D eigenvalue weighted by Gasteiger charge is -2.55. The van der Waals surface area contributed by atoms with Gasteiger partial charge >= 0.3 is 11.9 Å². The third kappa shape index (κ3) is 4.00. The first-order valence-electron chi connectivity index (χ1n) is 19.7. The largest absolute Gasteiger partial charge is 0.481 e. The Morgan fingerprint density at radius 1 is 0.667 bits per heavy atom. The van der Waals surface area contributed by atoms with Gasteiger partial charge in [-0.25, -0.2) is 0 Å². The minimum Gasteiger partial charge on any atom is -0.481 e. The van der Waals surface area contributed by atoms with Crippen LogP contribution in [0.3, 0.4) is 0 Å². The van der Waals surface area contributed by atoms with Gasteiger partial charge in [-0.1, -0.05) is 50.2 Å². The number of para-hydroxylation sites is 2. The summed E-state index contributed by atoms with van der Waals surface area (Å²) in [5, 5.41) is 48.0. The number of carboxylic acid groups (broad SMARTS) is 2. The maximum atomic E-state index is 13.0. The highest BCUT2D eigenvalue weighted by Gasteiger charge is 2.61. The maximum absolute atomic E-state index is 13.0. The molecule has 2 aromatic heterocycles. The molecule has 8 nitrogen and oxygen atoms in total. The van der Waals surface area contributed by atoms with E-state index in [2.05, 4.69) is 90.1 Å². The standard InChI is InChI=1S/C46H48N2O6/c1-43-19-17-37(49)45(3,41(51)52)35(43)15-13-24-21-34-28(22-30(24)43)26-10-6-8-12-33(26)48(34)40-27-14-16-36-44(2,20-18-38(50)46(36,4)42(53)54)31(27)23-29-25-9-5-7-11-32(25)47-39(29)40/h5-12,21-23,35-38,47,49-50H,13-20H2,1-4H3,(H,51,52)(H,53,54). The topological polar surface area (TPSA) is 136 Å². The molecule has 2 heterocycles. The molecule has 0 spiro atoms. The number of aromatic amines is 1. The van der Waals surface area contributed by atoms with Crippen LogP contribution in [0.15, 0.2) is 66.7 Å². The van der Waals surface area contributed by atoms with Crippen LogP contribution in [-0.4, -0.2) is 54.1 Å². The Balaban J connectivity index is 1.28. The van der Waals surface area contributed by atoms with Crippen molar-refractivity contribution in [3.05, 3.63) is 89.0 Å². The first kappa shape index (κ1) is 33.9. The molecular formula is C46H48N2O6. The molecule has 4 aliphatic rings. The Kier molecular flexibility index (Phi) is 6.89. The highest BCUT2D eigenvalue weighted by Crippen LogP contribution is 2.61. The van der Waals surface area contributed by atoms with Gasteiger partial charge in [-0.2, -0.15) is 0 Å². The van der Waals surface area contributed by atoms with Gasteiger partial charge in [-0.3, -0.25) is 9.59 Å². The van der Waals surface area contributed by atoms with Gasteiger partial charge in [0.25, 0.3) is 0 Å². The van der Waals surface area contributed by atoms with Gasteiger partial charge in [-0.05, 0) is 140 Å². The van der Waals surface area contributed by atoms with E-state index in [0.717, 1.165) is 62.1 Å². The average molecular weight is 725 g/mol. The van der Waals surface area contributed by atoms with E-state index in [-0.39, 0.29) is 11.8 Å². The van der Waals surface area contributed by atoms with Crippen LogP contribution in [0.4, 0.5) is 0 Å². The lowest BCUT2D eigenvalue weighted by Crippen LogP contribution is -2.58. The number of hydrogen-bond donors (Lipinski definition) is 5. The van der Waals surface area contributed by atoms with Crippen molar-refractivity contribution in [2.24, 2.45) is 22.7 Å². The number of H-pyrrole nitrogens is 1. The smallest absolute Gasteiger partial charge is 0.312 e. The molecule has 278 valence electrons. The van der Waals surface area contributed by atoms with Crippen LogP contribution in [0.25, 0.3) is 49.3 Å². The van der Waals surface area contributed by atoms with Crippen molar-refractivity contribution in [2.75, 3.05) is 0 Å². The second-order valence-electron chi connectivity index (χ2n) is 18.0. The second-order valence-corrected chi connectivity index (χ2v) is 18.0. The van der Waals surface area contributed by atoms with Crippen molar-refractivity contribution in [3.63, 3.8) is 0 Å². The normalized spacial score (nSPS) is 33.4. The zero-order valence-electron chi connectivity index (χ0n) is 31.4. The van der Waals surface area contributed by atoms with E-state index in [1.54, 1.807) is 13.8 Å². The molecule has 0 aliphatic heterocycles. The minimum atomic E-state index is -1.26. The number of aromatic nitrogens is 2. The molecule has 0 radical (unpaired) electrons. The van der Waals surface area contributed by atoms with Crippen LogP contribution in [0.2, 0.25) is 0 Å². The van der Waals surface area contributed by atoms with E-state index < -0.39 is 45.8 Å². The monoisotopic (exact) mass is 724 g/mol. The molecule has 2 saturated carbocycles. The number of aryl methyl sites for hydroxylation is 1. The molecular weight excluding hydrogens is 677 g/mol. The number of aliphatic hydroxyl groups excluding tert-OH is 2. The van der Waals surface area contributed by atoms with Crippen LogP contribution in [0.5, 0.6) is 0 Å². The van der Waals surface area contributed by atoms with Crippen molar-refractivity contribution in [1.82, 2.24) is 9.55 Å². The van der Waals surface area contributed by atoms with Crippen molar-refractivity contribution in [1.29, 1.82) is 0 Å². The van der Waals surface area contributed by atoms with Gasteiger partial charge in [0.15, 0.2) is 0 Å². The van der Waals surface area contributed by atoms with Crippen molar-refractivity contribution in [3.8, 4) is 5.69 Å². The maximum Gasteiger partial charge on any atom is 0.312 e. The van der Waals surface area contributed by atoms with E-state index in [0.29, 0.717) is 38.5 Å². The Labute approximate surface area is 313 Å². The fraction of sp³-hybridized carbons (Fsp3) is 0.435. The van der Waals surface area contributed by atoms with E-state index in [4.69, 9.17) is 0 Å². The van der Waals surface area contributed by atoms with Crippen LogP contribution in [0, 0.1) is 22.7 Å².